The number of nitrogens with zero attached hydrogens (tertiary/aromatic N) is 5. The van der Waals surface area contributed by atoms with Crippen LogP contribution in [0, 0.1) is 16.0 Å². The van der Waals surface area contributed by atoms with Gasteiger partial charge in [0.15, 0.2) is 0 Å². The summed E-state index contributed by atoms with van der Waals surface area (Å²) in [5.41, 5.74) is 0.226. The number of carbonyl (C=O) groups excluding carboxylic acids is 3. The Kier molecular flexibility index (Phi) is 8.92. The number of amides is 3. The Bertz CT molecular complexity index is 1390. The Hall–Kier alpha value is -3.69. The number of β-lactam (4-membered cyclic amide) rings is 1. The third-order valence-electron chi connectivity index (χ3n) is 9.01. The van der Waals surface area contributed by atoms with Gasteiger partial charge in [-0.1, -0.05) is 6.92 Å². The highest BCUT2D eigenvalue weighted by Crippen LogP contribution is 2.57. The van der Waals surface area contributed by atoms with Crippen LogP contribution in [0.3, 0.4) is 0 Å². The summed E-state index contributed by atoms with van der Waals surface area (Å²) in [6.07, 6.45) is -0.376. The Balaban J connectivity index is 1.27. The van der Waals surface area contributed by atoms with Crippen molar-refractivity contribution in [3.05, 3.63) is 51.2 Å². The molecule has 44 heavy (non-hydrogen) atoms. The smallest absolute Gasteiger partial charge is 0.410 e. The molecular formula is C29H37N5O9S. The third-order valence-corrected chi connectivity index (χ3v) is 10.9. The van der Waals surface area contributed by atoms with Gasteiger partial charge in [-0.25, -0.2) is 9.59 Å². The molecule has 0 bridgehead atoms. The van der Waals surface area contributed by atoms with E-state index in [2.05, 4.69) is 4.90 Å². The molecule has 238 valence electrons. The van der Waals surface area contributed by atoms with Gasteiger partial charge in [0.1, 0.15) is 17.1 Å². The first-order chi connectivity index (χ1) is 20.9. The molecule has 1 aromatic rings. The quantitative estimate of drug-likeness (QED) is 0.242. The van der Waals surface area contributed by atoms with Crippen molar-refractivity contribution in [1.82, 2.24) is 19.6 Å². The fourth-order valence-corrected chi connectivity index (χ4v) is 8.70. The number of carboxylic acid groups (broad SMARTS) is 1. The maximum Gasteiger partial charge on any atom is 0.410 e. The summed E-state index contributed by atoms with van der Waals surface area (Å²) in [5, 5.41) is 32.1. The number of nitro benzene ring substituents is 1. The molecule has 2 N–H and O–H groups in total. The zero-order valence-electron chi connectivity index (χ0n) is 24.9. The summed E-state index contributed by atoms with van der Waals surface area (Å²) in [6.45, 7) is 5.72. The number of aliphatic hydroxyl groups is 1. The van der Waals surface area contributed by atoms with Gasteiger partial charge in [-0.3, -0.25) is 24.6 Å². The van der Waals surface area contributed by atoms with Gasteiger partial charge in [-0.15, -0.1) is 11.8 Å². The van der Waals surface area contributed by atoms with Crippen LogP contribution in [0.15, 0.2) is 35.5 Å². The second-order valence-electron chi connectivity index (χ2n) is 11.8. The zero-order chi connectivity index (χ0) is 31.9. The van der Waals surface area contributed by atoms with E-state index in [1.807, 2.05) is 7.05 Å². The molecule has 0 aliphatic carbocycles. The number of likely N-dealkylation sites (tertiary alicyclic amines) is 1. The number of nitro groups is 1. The van der Waals surface area contributed by atoms with Gasteiger partial charge in [-0.2, -0.15) is 0 Å². The van der Waals surface area contributed by atoms with E-state index in [-0.39, 0.29) is 48.4 Å². The lowest BCUT2D eigenvalue weighted by Gasteiger charge is -2.56. The molecule has 4 aliphatic heterocycles. The van der Waals surface area contributed by atoms with Gasteiger partial charge in [0, 0.05) is 56.0 Å². The summed E-state index contributed by atoms with van der Waals surface area (Å²) in [6, 6.07) is 5.01. The van der Waals surface area contributed by atoms with E-state index in [0.29, 0.717) is 18.5 Å². The summed E-state index contributed by atoms with van der Waals surface area (Å²) in [5.74, 6) is -2.98. The number of ether oxygens (including phenoxy) is 1. The number of fused-ring (bicyclic) bond motifs is 1. The van der Waals surface area contributed by atoms with Crippen molar-refractivity contribution in [2.45, 2.75) is 55.4 Å². The lowest BCUT2D eigenvalue weighted by atomic mass is 9.76. The van der Waals surface area contributed by atoms with Crippen LogP contribution in [0.25, 0.3) is 0 Å². The van der Waals surface area contributed by atoms with Gasteiger partial charge in [-0.05, 0) is 51.1 Å². The van der Waals surface area contributed by atoms with E-state index in [4.69, 9.17) is 4.74 Å². The number of thioether (sulfide) groups is 1. The van der Waals surface area contributed by atoms with E-state index >= 15 is 0 Å². The summed E-state index contributed by atoms with van der Waals surface area (Å²) < 4.78 is 4.14. The van der Waals surface area contributed by atoms with E-state index in [1.54, 1.807) is 13.8 Å². The summed E-state index contributed by atoms with van der Waals surface area (Å²) in [4.78, 5) is 69.6. The average Bonchev–Trinajstić information content (AvgIpc) is 3.40. The topological polar surface area (TPSA) is 174 Å². The number of carbonyl (C=O) groups is 4. The van der Waals surface area contributed by atoms with Crippen LogP contribution in [0.5, 0.6) is 0 Å². The maximum atomic E-state index is 13.9. The number of non-ortho nitro benzene ring substituents is 1. The molecule has 0 spiro atoms. The van der Waals surface area contributed by atoms with Crippen LogP contribution in [0.1, 0.15) is 32.3 Å². The number of hydrogen-bond acceptors (Lipinski definition) is 10. The minimum absolute atomic E-state index is 0.0386. The molecule has 3 fully saturated rings. The highest BCUT2D eigenvalue weighted by atomic mass is 32.2. The SMILES string of the molecule is CC(O)C1(SC2CCN(C)C2)C(=O)N2C(C(=O)O)=C(C(=O)N3CCCN(C(=O)OCc4ccc([N+](=O)[O-])cc4)CC3)[C@@H](C)[C@H]21. The van der Waals surface area contributed by atoms with E-state index in [1.165, 1.54) is 50.7 Å². The number of benzene rings is 1. The average molecular weight is 632 g/mol. The van der Waals surface area contributed by atoms with Crippen LogP contribution in [0.4, 0.5) is 10.5 Å². The van der Waals surface area contributed by atoms with Crippen molar-refractivity contribution in [3.8, 4) is 0 Å². The highest BCUT2D eigenvalue weighted by molar-refractivity contribution is 8.02. The number of aliphatic hydroxyl groups excluding tert-OH is 1. The van der Waals surface area contributed by atoms with Gasteiger partial charge in [0.05, 0.1) is 22.6 Å². The largest absolute Gasteiger partial charge is 0.477 e. The van der Waals surface area contributed by atoms with Crippen LogP contribution in [-0.2, 0) is 25.7 Å². The van der Waals surface area contributed by atoms with E-state index < -0.39 is 51.6 Å². The number of carboxylic acids is 1. The summed E-state index contributed by atoms with van der Waals surface area (Å²) in [7, 11) is 1.99. The molecule has 1 aromatic carbocycles. The zero-order valence-corrected chi connectivity index (χ0v) is 25.7. The Morgan fingerprint density at radius 2 is 1.80 bits per heavy atom. The molecule has 4 aliphatic rings. The van der Waals surface area contributed by atoms with Crippen LogP contribution >= 0.6 is 11.8 Å². The van der Waals surface area contributed by atoms with Gasteiger partial charge in [0.2, 0.25) is 5.91 Å². The van der Waals surface area contributed by atoms with Crippen molar-refractivity contribution in [3.63, 3.8) is 0 Å². The number of hydrogen-bond donors (Lipinski definition) is 2. The third kappa shape index (κ3) is 5.52. The lowest BCUT2D eigenvalue weighted by molar-refractivity contribution is -0.384. The first-order valence-corrected chi connectivity index (χ1v) is 15.5. The van der Waals surface area contributed by atoms with Gasteiger partial charge < -0.3 is 29.6 Å². The molecule has 14 nitrogen and oxygen atoms in total. The standard InChI is InChI=1S/C29H37N5O9S/c1-17-22(23(26(37)38)33-24(17)29(18(2)35,27(33)39)44-21-9-12-30(3)15-21)25(36)31-10-4-11-32(14-13-31)28(40)43-16-19-5-7-20(8-6-19)34(41)42/h5-8,17-18,21,24,35H,4,9-16H2,1-3H3,(H,37,38)/t17-,18?,21?,24+,29?/m1/s1. The molecule has 5 rings (SSSR count). The minimum Gasteiger partial charge on any atom is -0.477 e. The van der Waals surface area contributed by atoms with Crippen LogP contribution in [-0.4, -0.2) is 127 Å². The van der Waals surface area contributed by atoms with Crippen molar-refractivity contribution in [1.29, 1.82) is 0 Å². The van der Waals surface area contributed by atoms with Crippen molar-refractivity contribution in [2.24, 2.45) is 5.92 Å². The molecular weight excluding hydrogens is 594 g/mol. The second-order valence-corrected chi connectivity index (χ2v) is 13.4. The van der Waals surface area contributed by atoms with Crippen molar-refractivity contribution >= 4 is 41.3 Å². The van der Waals surface area contributed by atoms with Gasteiger partial charge in [0.25, 0.3) is 11.6 Å². The highest BCUT2D eigenvalue weighted by Gasteiger charge is 2.71. The van der Waals surface area contributed by atoms with Gasteiger partial charge >= 0.3 is 12.1 Å². The van der Waals surface area contributed by atoms with E-state index in [9.17, 15) is 39.5 Å². The normalized spacial score (nSPS) is 28.0. The molecule has 3 amide bonds. The molecule has 5 atom stereocenters. The molecule has 3 unspecified atom stereocenters. The second kappa shape index (κ2) is 12.4. The molecule has 0 saturated carbocycles. The lowest BCUT2D eigenvalue weighted by Crippen LogP contribution is -2.76. The fraction of sp³-hybridized carbons (Fsp3) is 0.586. The first kappa shape index (κ1) is 31.7. The predicted molar refractivity (Wildman–Crippen MR) is 158 cm³/mol. The predicted octanol–water partition coefficient (Wildman–Crippen LogP) is 1.52. The monoisotopic (exact) mass is 631 g/mol. The fourth-order valence-electron chi connectivity index (χ4n) is 6.75. The molecule has 4 heterocycles. The molecule has 15 heteroatoms. The number of rotatable bonds is 8. The summed E-state index contributed by atoms with van der Waals surface area (Å²) >= 11 is 1.40. The molecule has 3 saturated heterocycles. The molecule has 0 radical (unpaired) electrons. The van der Waals surface area contributed by atoms with Crippen LogP contribution < -0.4 is 0 Å². The van der Waals surface area contributed by atoms with Crippen LogP contribution in [0.2, 0.25) is 0 Å². The Labute approximate surface area is 258 Å². The molecule has 0 aromatic heterocycles. The minimum atomic E-state index is -1.37. The Morgan fingerprint density at radius 1 is 1.14 bits per heavy atom. The Morgan fingerprint density at radius 3 is 2.39 bits per heavy atom. The maximum absolute atomic E-state index is 13.9. The van der Waals surface area contributed by atoms with Crippen molar-refractivity contribution < 1.29 is 39.1 Å². The van der Waals surface area contributed by atoms with Crippen molar-refractivity contribution in [2.75, 3.05) is 46.3 Å². The first-order valence-electron chi connectivity index (χ1n) is 14.7. The number of aliphatic carboxylic acids is 1. The van der Waals surface area contributed by atoms with E-state index in [0.717, 1.165) is 19.5 Å².